The third-order valence-electron chi connectivity index (χ3n) is 3.21. The third kappa shape index (κ3) is 3.89. The van der Waals surface area contributed by atoms with Crippen LogP contribution in [0.5, 0.6) is 0 Å². The molecule has 0 atom stereocenters. The van der Waals surface area contributed by atoms with E-state index in [2.05, 4.69) is 20.6 Å². The summed E-state index contributed by atoms with van der Waals surface area (Å²) in [5, 5.41) is 6.22. The number of benzene rings is 1. The molecule has 7 nitrogen and oxygen atoms in total. The molecule has 7 heteroatoms. The minimum Gasteiger partial charge on any atom is -0.467 e. The first-order chi connectivity index (χ1) is 11.7. The highest BCUT2D eigenvalue weighted by Gasteiger charge is 2.06. The van der Waals surface area contributed by atoms with Gasteiger partial charge >= 0.3 is 5.97 Å². The van der Waals surface area contributed by atoms with Gasteiger partial charge in [-0.2, -0.15) is 4.98 Å². The standard InChI is InChI=1S/C17H16N4O3/c1-23-16(22)12-4-2-5-13(10-12)20-15-7-8-18-17(21-15)19-11-14-6-3-9-24-14/h2-10H,11H2,1H3,(H2,18,19,20,21). The van der Waals surface area contributed by atoms with Crippen molar-refractivity contribution in [1.29, 1.82) is 0 Å². The molecule has 3 aromatic rings. The number of rotatable bonds is 6. The first-order valence-electron chi connectivity index (χ1n) is 7.29. The molecule has 2 heterocycles. The lowest BCUT2D eigenvalue weighted by Gasteiger charge is -2.08. The van der Waals surface area contributed by atoms with Gasteiger partial charge in [-0.05, 0) is 36.4 Å². The van der Waals surface area contributed by atoms with Crippen LogP contribution in [-0.2, 0) is 11.3 Å². The van der Waals surface area contributed by atoms with Gasteiger partial charge in [-0.15, -0.1) is 0 Å². The minimum atomic E-state index is -0.387. The normalized spacial score (nSPS) is 10.2. The second-order valence-electron chi connectivity index (χ2n) is 4.90. The number of nitrogens with one attached hydrogen (secondary N) is 2. The molecule has 0 radical (unpaired) electrons. The van der Waals surface area contributed by atoms with Gasteiger partial charge in [0.05, 0.1) is 25.5 Å². The molecular weight excluding hydrogens is 308 g/mol. The van der Waals surface area contributed by atoms with Crippen molar-refractivity contribution in [3.63, 3.8) is 0 Å². The van der Waals surface area contributed by atoms with Crippen LogP contribution < -0.4 is 10.6 Å². The summed E-state index contributed by atoms with van der Waals surface area (Å²) in [6, 6.07) is 12.4. The molecule has 0 saturated heterocycles. The molecule has 0 amide bonds. The number of aromatic nitrogens is 2. The molecule has 0 aliphatic heterocycles. The van der Waals surface area contributed by atoms with E-state index in [1.165, 1.54) is 7.11 Å². The second-order valence-corrected chi connectivity index (χ2v) is 4.90. The largest absolute Gasteiger partial charge is 0.467 e. The maximum absolute atomic E-state index is 11.6. The molecule has 2 aromatic heterocycles. The van der Waals surface area contributed by atoms with E-state index in [0.717, 1.165) is 11.4 Å². The zero-order valence-electron chi connectivity index (χ0n) is 13.0. The van der Waals surface area contributed by atoms with Crippen LogP contribution in [0, 0.1) is 0 Å². The van der Waals surface area contributed by atoms with Crippen molar-refractivity contribution in [3.05, 3.63) is 66.2 Å². The van der Waals surface area contributed by atoms with Gasteiger partial charge in [0.15, 0.2) is 0 Å². The Morgan fingerprint density at radius 2 is 2.17 bits per heavy atom. The first kappa shape index (κ1) is 15.5. The van der Waals surface area contributed by atoms with Crippen molar-refractivity contribution in [2.45, 2.75) is 6.54 Å². The molecule has 2 N–H and O–H groups in total. The summed E-state index contributed by atoms with van der Waals surface area (Å²) in [5.74, 6) is 1.49. The lowest BCUT2D eigenvalue weighted by Crippen LogP contribution is -2.05. The van der Waals surface area contributed by atoms with E-state index >= 15 is 0 Å². The highest BCUT2D eigenvalue weighted by atomic mass is 16.5. The predicted molar refractivity (Wildman–Crippen MR) is 89.1 cm³/mol. The maximum Gasteiger partial charge on any atom is 0.337 e. The zero-order valence-corrected chi connectivity index (χ0v) is 13.0. The van der Waals surface area contributed by atoms with E-state index in [0.29, 0.717) is 23.9 Å². The molecule has 122 valence electrons. The Kier molecular flexibility index (Phi) is 4.71. The van der Waals surface area contributed by atoms with Crippen LogP contribution in [0.25, 0.3) is 0 Å². The molecule has 1 aromatic carbocycles. The van der Waals surface area contributed by atoms with Gasteiger partial charge in [0.25, 0.3) is 0 Å². The highest BCUT2D eigenvalue weighted by molar-refractivity contribution is 5.90. The first-order valence-corrected chi connectivity index (χ1v) is 7.29. The van der Waals surface area contributed by atoms with Crippen LogP contribution in [0.2, 0.25) is 0 Å². The number of carbonyl (C=O) groups excluding carboxylic acids is 1. The summed E-state index contributed by atoms with van der Waals surface area (Å²) >= 11 is 0. The van der Waals surface area contributed by atoms with Gasteiger partial charge in [-0.25, -0.2) is 9.78 Å². The Labute approximate surface area is 138 Å². The number of hydrogen-bond donors (Lipinski definition) is 2. The lowest BCUT2D eigenvalue weighted by atomic mass is 10.2. The van der Waals surface area contributed by atoms with Gasteiger partial charge in [-0.3, -0.25) is 0 Å². The van der Waals surface area contributed by atoms with Gasteiger partial charge in [-0.1, -0.05) is 6.07 Å². The molecule has 24 heavy (non-hydrogen) atoms. The molecular formula is C17H16N4O3. The number of methoxy groups -OCH3 is 1. The van der Waals surface area contributed by atoms with Crippen LogP contribution in [-0.4, -0.2) is 23.0 Å². The summed E-state index contributed by atoms with van der Waals surface area (Å²) in [7, 11) is 1.35. The monoisotopic (exact) mass is 324 g/mol. The summed E-state index contributed by atoms with van der Waals surface area (Å²) in [6.07, 6.45) is 3.26. The fourth-order valence-electron chi connectivity index (χ4n) is 2.08. The van der Waals surface area contributed by atoms with Crippen LogP contribution >= 0.6 is 0 Å². The topological polar surface area (TPSA) is 89.3 Å². The number of nitrogens with zero attached hydrogens (tertiary/aromatic N) is 2. The Morgan fingerprint density at radius 1 is 1.25 bits per heavy atom. The Balaban J connectivity index is 1.69. The van der Waals surface area contributed by atoms with Crippen molar-refractivity contribution in [3.8, 4) is 0 Å². The van der Waals surface area contributed by atoms with E-state index in [1.807, 2.05) is 18.2 Å². The summed E-state index contributed by atoms with van der Waals surface area (Å²) in [6.45, 7) is 0.494. The van der Waals surface area contributed by atoms with E-state index < -0.39 is 0 Å². The Bertz CT molecular complexity index is 818. The van der Waals surface area contributed by atoms with E-state index in [1.54, 1.807) is 36.7 Å². The van der Waals surface area contributed by atoms with Crippen LogP contribution in [0.1, 0.15) is 16.1 Å². The van der Waals surface area contributed by atoms with Crippen LogP contribution in [0.3, 0.4) is 0 Å². The van der Waals surface area contributed by atoms with Crippen molar-refractivity contribution in [2.75, 3.05) is 17.7 Å². The lowest BCUT2D eigenvalue weighted by molar-refractivity contribution is 0.0601. The molecule has 0 fully saturated rings. The Morgan fingerprint density at radius 3 is 2.96 bits per heavy atom. The minimum absolute atomic E-state index is 0.387. The fourth-order valence-corrected chi connectivity index (χ4v) is 2.08. The quantitative estimate of drug-likeness (QED) is 0.673. The van der Waals surface area contributed by atoms with Gasteiger partial charge in [0.1, 0.15) is 11.6 Å². The average Bonchev–Trinajstić information content (AvgIpc) is 3.13. The number of ether oxygens (including phenoxy) is 1. The summed E-state index contributed by atoms with van der Waals surface area (Å²) in [5.41, 5.74) is 1.20. The van der Waals surface area contributed by atoms with E-state index in [4.69, 9.17) is 9.15 Å². The molecule has 0 aliphatic carbocycles. The SMILES string of the molecule is COC(=O)c1cccc(Nc2ccnc(NCc3ccco3)n2)c1. The summed E-state index contributed by atoms with van der Waals surface area (Å²) in [4.78, 5) is 20.1. The number of esters is 1. The van der Waals surface area contributed by atoms with Gasteiger partial charge in [0, 0.05) is 11.9 Å². The number of anilines is 3. The van der Waals surface area contributed by atoms with Crippen LogP contribution in [0.4, 0.5) is 17.5 Å². The van der Waals surface area contributed by atoms with Crippen molar-refractivity contribution in [1.82, 2.24) is 9.97 Å². The van der Waals surface area contributed by atoms with Gasteiger partial charge < -0.3 is 19.8 Å². The van der Waals surface area contributed by atoms with E-state index in [-0.39, 0.29) is 5.97 Å². The molecule has 0 spiro atoms. The van der Waals surface area contributed by atoms with Crippen LogP contribution in [0.15, 0.2) is 59.3 Å². The number of hydrogen-bond acceptors (Lipinski definition) is 7. The molecule has 0 aliphatic rings. The fraction of sp³-hybridized carbons (Fsp3) is 0.118. The smallest absolute Gasteiger partial charge is 0.337 e. The maximum atomic E-state index is 11.6. The molecule has 0 unspecified atom stereocenters. The molecule has 0 bridgehead atoms. The van der Waals surface area contributed by atoms with Crippen molar-refractivity contribution < 1.29 is 13.9 Å². The predicted octanol–water partition coefficient (Wildman–Crippen LogP) is 3.21. The van der Waals surface area contributed by atoms with Crippen molar-refractivity contribution >= 4 is 23.4 Å². The number of carbonyl (C=O) groups is 1. The molecule has 3 rings (SSSR count). The Hall–Kier alpha value is -3.35. The second kappa shape index (κ2) is 7.28. The van der Waals surface area contributed by atoms with Gasteiger partial charge in [0.2, 0.25) is 5.95 Å². The van der Waals surface area contributed by atoms with E-state index in [9.17, 15) is 4.79 Å². The highest BCUT2D eigenvalue weighted by Crippen LogP contribution is 2.17. The third-order valence-corrected chi connectivity index (χ3v) is 3.21. The average molecular weight is 324 g/mol. The summed E-state index contributed by atoms with van der Waals surface area (Å²) < 4.78 is 9.97. The number of furan rings is 1. The zero-order chi connectivity index (χ0) is 16.8. The van der Waals surface area contributed by atoms with Crippen molar-refractivity contribution in [2.24, 2.45) is 0 Å². The molecule has 0 saturated carbocycles.